The second kappa shape index (κ2) is 4.70. The first-order valence-electron chi connectivity index (χ1n) is 5.96. The maximum Gasteiger partial charge on any atom is 0.0674 e. The van der Waals surface area contributed by atoms with Gasteiger partial charge in [0.2, 0.25) is 0 Å². The fourth-order valence-corrected chi connectivity index (χ4v) is 2.81. The predicted octanol–water partition coefficient (Wildman–Crippen LogP) is 3.97. The summed E-state index contributed by atoms with van der Waals surface area (Å²) in [6, 6.07) is 10.7. The third-order valence-corrected chi connectivity index (χ3v) is 4.03. The first-order valence-corrected chi connectivity index (χ1v) is 6.75. The molecule has 0 amide bonds. The van der Waals surface area contributed by atoms with Gasteiger partial charge in [0.25, 0.3) is 0 Å². The number of hydrogen-bond donors (Lipinski definition) is 0. The number of rotatable bonds is 1. The summed E-state index contributed by atoms with van der Waals surface area (Å²) >= 11 is 3.51. The van der Waals surface area contributed by atoms with Gasteiger partial charge in [-0.3, -0.25) is 0 Å². The van der Waals surface area contributed by atoms with Crippen LogP contribution in [0.5, 0.6) is 0 Å². The summed E-state index contributed by atoms with van der Waals surface area (Å²) < 4.78 is 1.09. The number of halogens is 1. The second-order valence-corrected chi connectivity index (χ2v) is 6.18. The Morgan fingerprint density at radius 3 is 2.88 bits per heavy atom. The molecule has 1 aromatic carbocycles. The lowest BCUT2D eigenvalue weighted by atomic mass is 9.85. The van der Waals surface area contributed by atoms with Crippen LogP contribution in [0.2, 0.25) is 0 Å². The van der Waals surface area contributed by atoms with Crippen LogP contribution in [0.1, 0.15) is 26.7 Å². The van der Waals surface area contributed by atoms with Crippen LogP contribution in [0.4, 0.5) is 5.69 Å². The first-order chi connectivity index (χ1) is 8.03. The Labute approximate surface area is 111 Å². The fraction of sp³-hybridized carbons (Fsp3) is 0.500. The first kappa shape index (κ1) is 12.4. The Balaban J connectivity index is 2.31. The summed E-state index contributed by atoms with van der Waals surface area (Å²) in [4.78, 5) is 2.36. The maximum absolute atomic E-state index is 9.09. The molecule has 1 heterocycles. The smallest absolute Gasteiger partial charge is 0.0674 e. The van der Waals surface area contributed by atoms with E-state index in [0.29, 0.717) is 0 Å². The lowest BCUT2D eigenvalue weighted by Crippen LogP contribution is -2.50. The molecule has 2 nitrogen and oxygen atoms in total. The van der Waals surface area contributed by atoms with Gasteiger partial charge >= 0.3 is 0 Å². The van der Waals surface area contributed by atoms with Crippen molar-refractivity contribution in [2.75, 3.05) is 11.4 Å². The zero-order valence-corrected chi connectivity index (χ0v) is 11.9. The Kier molecular flexibility index (Phi) is 3.44. The molecule has 2 rings (SSSR count). The van der Waals surface area contributed by atoms with Gasteiger partial charge in [-0.2, -0.15) is 5.26 Å². The van der Waals surface area contributed by atoms with E-state index in [4.69, 9.17) is 5.26 Å². The van der Waals surface area contributed by atoms with Crippen LogP contribution in [0.3, 0.4) is 0 Å². The number of nitriles is 1. The number of anilines is 1. The topological polar surface area (TPSA) is 27.0 Å². The molecule has 1 atom stereocenters. The second-order valence-electron chi connectivity index (χ2n) is 5.27. The summed E-state index contributed by atoms with van der Waals surface area (Å²) in [5.41, 5.74) is 1.33. The molecular weight excluding hydrogens is 276 g/mol. The molecule has 1 saturated heterocycles. The van der Waals surface area contributed by atoms with E-state index in [1.165, 1.54) is 5.69 Å². The molecule has 0 aromatic heterocycles. The summed E-state index contributed by atoms with van der Waals surface area (Å²) in [5, 5.41) is 9.09. The van der Waals surface area contributed by atoms with E-state index in [1.807, 2.05) is 12.1 Å². The molecule has 1 aliphatic heterocycles. The molecule has 1 fully saturated rings. The van der Waals surface area contributed by atoms with Gasteiger partial charge in [-0.25, -0.2) is 0 Å². The van der Waals surface area contributed by atoms with Crippen molar-refractivity contribution in [3.05, 3.63) is 28.7 Å². The lowest BCUT2D eigenvalue weighted by molar-refractivity contribution is 0.325. The Morgan fingerprint density at radius 2 is 2.24 bits per heavy atom. The molecule has 3 heteroatoms. The zero-order valence-electron chi connectivity index (χ0n) is 10.3. The van der Waals surface area contributed by atoms with Gasteiger partial charge in [0.15, 0.2) is 0 Å². The van der Waals surface area contributed by atoms with Gasteiger partial charge in [0.05, 0.1) is 12.0 Å². The predicted molar refractivity (Wildman–Crippen MR) is 73.9 cm³/mol. The van der Waals surface area contributed by atoms with E-state index in [1.54, 1.807) is 0 Å². The molecule has 17 heavy (non-hydrogen) atoms. The van der Waals surface area contributed by atoms with Crippen molar-refractivity contribution in [2.24, 2.45) is 5.92 Å². The minimum absolute atomic E-state index is 0.133. The normalized spacial score (nSPS) is 23.2. The molecule has 0 aliphatic carbocycles. The van der Waals surface area contributed by atoms with Crippen LogP contribution >= 0.6 is 15.9 Å². The average molecular weight is 293 g/mol. The van der Waals surface area contributed by atoms with Gasteiger partial charge in [-0.1, -0.05) is 22.0 Å². The summed E-state index contributed by atoms with van der Waals surface area (Å²) in [6.45, 7) is 5.34. The minimum Gasteiger partial charge on any atom is -0.365 e. The van der Waals surface area contributed by atoms with E-state index in [-0.39, 0.29) is 11.5 Å². The molecule has 0 N–H and O–H groups in total. The van der Waals surface area contributed by atoms with E-state index in [0.717, 1.165) is 23.9 Å². The monoisotopic (exact) mass is 292 g/mol. The minimum atomic E-state index is 0.133. The third kappa shape index (κ3) is 2.63. The zero-order chi connectivity index (χ0) is 12.5. The Bertz CT molecular complexity index is 448. The van der Waals surface area contributed by atoms with Gasteiger partial charge in [0.1, 0.15) is 0 Å². The molecule has 1 aromatic rings. The lowest BCUT2D eigenvalue weighted by Gasteiger charge is -2.45. The van der Waals surface area contributed by atoms with E-state index in [9.17, 15) is 0 Å². The standard InChI is InChI=1S/C14H17BrN2/c1-14(2)7-6-11(9-16)10-17(14)13-5-3-4-12(15)8-13/h3-5,8,11H,6-7,10H2,1-2H3. The van der Waals surface area contributed by atoms with Crippen molar-refractivity contribution >= 4 is 21.6 Å². The highest BCUT2D eigenvalue weighted by molar-refractivity contribution is 9.10. The number of nitrogens with zero attached hydrogens (tertiary/aromatic N) is 2. The van der Waals surface area contributed by atoms with Crippen molar-refractivity contribution in [1.29, 1.82) is 5.26 Å². The number of piperidine rings is 1. The van der Waals surface area contributed by atoms with Crippen molar-refractivity contribution < 1.29 is 0 Å². The van der Waals surface area contributed by atoms with Crippen LogP contribution in [-0.4, -0.2) is 12.1 Å². The maximum atomic E-state index is 9.09. The van der Waals surface area contributed by atoms with Crippen molar-refractivity contribution in [1.82, 2.24) is 0 Å². The summed E-state index contributed by atoms with van der Waals surface area (Å²) in [7, 11) is 0. The van der Waals surface area contributed by atoms with Crippen LogP contribution in [0.15, 0.2) is 28.7 Å². The number of benzene rings is 1. The highest BCUT2D eigenvalue weighted by Crippen LogP contribution is 2.35. The van der Waals surface area contributed by atoms with Gasteiger partial charge < -0.3 is 4.90 Å². The van der Waals surface area contributed by atoms with Crippen molar-refractivity contribution in [3.8, 4) is 6.07 Å². The Morgan fingerprint density at radius 1 is 1.47 bits per heavy atom. The molecule has 1 aliphatic rings. The molecule has 0 spiro atoms. The summed E-state index contributed by atoms with van der Waals surface area (Å²) in [6.07, 6.45) is 2.08. The number of hydrogen-bond acceptors (Lipinski definition) is 2. The van der Waals surface area contributed by atoms with E-state index in [2.05, 4.69) is 52.9 Å². The highest BCUT2D eigenvalue weighted by atomic mass is 79.9. The van der Waals surface area contributed by atoms with Gasteiger partial charge in [-0.05, 0) is 44.9 Å². The molecule has 0 saturated carbocycles. The SMILES string of the molecule is CC1(C)CCC(C#N)CN1c1cccc(Br)c1. The Hall–Kier alpha value is -1.01. The van der Waals surface area contributed by atoms with Crippen LogP contribution < -0.4 is 4.90 Å². The van der Waals surface area contributed by atoms with Crippen LogP contribution in [0.25, 0.3) is 0 Å². The van der Waals surface area contributed by atoms with E-state index >= 15 is 0 Å². The summed E-state index contributed by atoms with van der Waals surface area (Å²) in [5.74, 6) is 0.155. The van der Waals surface area contributed by atoms with Gasteiger partial charge in [-0.15, -0.1) is 0 Å². The fourth-order valence-electron chi connectivity index (χ4n) is 2.43. The quantitative estimate of drug-likeness (QED) is 0.783. The van der Waals surface area contributed by atoms with Gasteiger partial charge in [0, 0.05) is 22.2 Å². The van der Waals surface area contributed by atoms with Crippen LogP contribution in [0, 0.1) is 17.2 Å². The van der Waals surface area contributed by atoms with Crippen LogP contribution in [-0.2, 0) is 0 Å². The average Bonchev–Trinajstić information content (AvgIpc) is 2.29. The van der Waals surface area contributed by atoms with E-state index < -0.39 is 0 Å². The van der Waals surface area contributed by atoms with Crippen molar-refractivity contribution in [2.45, 2.75) is 32.2 Å². The largest absolute Gasteiger partial charge is 0.365 e. The third-order valence-electron chi connectivity index (χ3n) is 3.54. The molecule has 90 valence electrons. The molecule has 0 radical (unpaired) electrons. The highest BCUT2D eigenvalue weighted by Gasteiger charge is 2.34. The van der Waals surface area contributed by atoms with Crippen molar-refractivity contribution in [3.63, 3.8) is 0 Å². The molecule has 0 bridgehead atoms. The molecule has 1 unspecified atom stereocenters. The molecular formula is C14H17BrN2.